The van der Waals surface area contributed by atoms with Gasteiger partial charge in [-0.2, -0.15) is 0 Å². The summed E-state index contributed by atoms with van der Waals surface area (Å²) in [5, 5.41) is 27.7. The summed E-state index contributed by atoms with van der Waals surface area (Å²) < 4.78 is 1.61. The van der Waals surface area contributed by atoms with Gasteiger partial charge in [0.05, 0.1) is 24.7 Å². The number of hydrogen-bond donors (Lipinski definition) is 3. The summed E-state index contributed by atoms with van der Waals surface area (Å²) >= 11 is 0. The van der Waals surface area contributed by atoms with Crippen LogP contribution >= 0.6 is 0 Å². The first-order valence-corrected chi connectivity index (χ1v) is 4.48. The Bertz CT molecular complexity index is 457. The highest BCUT2D eigenvalue weighted by molar-refractivity contribution is 5.37. The van der Waals surface area contributed by atoms with Crippen LogP contribution in [0.4, 0.5) is 0 Å². The molecule has 0 saturated heterocycles. The minimum absolute atomic E-state index is 0.425. The van der Waals surface area contributed by atoms with E-state index in [1.807, 2.05) is 0 Å². The first-order valence-electron chi connectivity index (χ1n) is 4.48. The van der Waals surface area contributed by atoms with Crippen molar-refractivity contribution >= 4 is 5.65 Å². The van der Waals surface area contributed by atoms with E-state index in [0.29, 0.717) is 11.3 Å². The molecule has 0 radical (unpaired) electrons. The lowest BCUT2D eigenvalue weighted by Gasteiger charge is -2.14. The molecule has 2 rings (SSSR count). The summed E-state index contributed by atoms with van der Waals surface area (Å²) in [6.45, 7) is -0.501. The molecule has 0 fully saturated rings. The molecule has 0 aliphatic rings. The lowest BCUT2D eigenvalue weighted by atomic mass is 10.1. The molecule has 0 aliphatic heterocycles. The topological polar surface area (TPSA) is 90.9 Å². The van der Waals surface area contributed by atoms with Gasteiger partial charge >= 0.3 is 0 Å². The van der Waals surface area contributed by atoms with Gasteiger partial charge in [0.1, 0.15) is 12.2 Å². The second-order valence-electron chi connectivity index (χ2n) is 3.18. The Labute approximate surface area is 85.5 Å². The molecule has 0 bridgehead atoms. The van der Waals surface area contributed by atoms with Crippen LogP contribution in [0.1, 0.15) is 11.8 Å². The van der Waals surface area contributed by atoms with E-state index in [1.54, 1.807) is 23.0 Å². The Morgan fingerprint density at radius 3 is 2.87 bits per heavy atom. The van der Waals surface area contributed by atoms with Gasteiger partial charge in [-0.25, -0.2) is 4.98 Å². The van der Waals surface area contributed by atoms with E-state index in [4.69, 9.17) is 5.11 Å². The van der Waals surface area contributed by atoms with Crippen LogP contribution in [0, 0.1) is 0 Å². The number of fused-ring (bicyclic) bond motifs is 1. The Kier molecular flexibility index (Phi) is 2.63. The fourth-order valence-corrected chi connectivity index (χ4v) is 1.38. The molecule has 0 saturated carbocycles. The highest BCUT2D eigenvalue weighted by Crippen LogP contribution is 2.17. The minimum atomic E-state index is -1.21. The van der Waals surface area contributed by atoms with E-state index in [1.165, 1.54) is 6.20 Å². The van der Waals surface area contributed by atoms with Crippen molar-refractivity contribution in [3.05, 3.63) is 30.5 Å². The number of imidazole rings is 1. The zero-order valence-electron chi connectivity index (χ0n) is 7.85. The average molecular weight is 209 g/mol. The number of hydrogen-bond acceptors (Lipinski definition) is 5. The van der Waals surface area contributed by atoms with Gasteiger partial charge in [-0.05, 0) is 0 Å². The molecular weight excluding hydrogens is 198 g/mol. The maximum atomic E-state index is 9.68. The lowest BCUT2D eigenvalue weighted by molar-refractivity contribution is -0.0176. The van der Waals surface area contributed by atoms with Crippen LogP contribution in [0.2, 0.25) is 0 Å². The smallest absolute Gasteiger partial charge is 0.155 e. The molecule has 2 heterocycles. The van der Waals surface area contributed by atoms with E-state index in [9.17, 15) is 10.2 Å². The van der Waals surface area contributed by atoms with Gasteiger partial charge in [0.15, 0.2) is 5.65 Å². The van der Waals surface area contributed by atoms with Crippen LogP contribution in [0.5, 0.6) is 0 Å². The van der Waals surface area contributed by atoms with Crippen molar-refractivity contribution in [2.24, 2.45) is 0 Å². The van der Waals surface area contributed by atoms with Crippen LogP contribution < -0.4 is 0 Å². The molecule has 80 valence electrons. The van der Waals surface area contributed by atoms with Crippen LogP contribution in [-0.4, -0.2) is 42.4 Å². The largest absolute Gasteiger partial charge is 0.394 e. The monoisotopic (exact) mass is 209 g/mol. The summed E-state index contributed by atoms with van der Waals surface area (Å²) in [7, 11) is 0. The molecule has 6 heteroatoms. The van der Waals surface area contributed by atoms with Crippen LogP contribution in [0.15, 0.2) is 24.8 Å². The molecule has 15 heavy (non-hydrogen) atoms. The minimum Gasteiger partial charge on any atom is -0.394 e. The Hall–Kier alpha value is -1.50. The first kappa shape index (κ1) is 10.0. The predicted molar refractivity (Wildman–Crippen MR) is 51.0 cm³/mol. The Morgan fingerprint density at radius 2 is 2.13 bits per heavy atom. The molecule has 2 unspecified atom stereocenters. The molecule has 0 aliphatic carbocycles. The highest BCUT2D eigenvalue weighted by atomic mass is 16.4. The number of aliphatic hydroxyl groups is 3. The van der Waals surface area contributed by atoms with Crippen LogP contribution in [-0.2, 0) is 0 Å². The molecule has 2 aromatic rings. The molecule has 3 N–H and O–H groups in total. The normalized spacial score (nSPS) is 15.4. The van der Waals surface area contributed by atoms with E-state index < -0.39 is 18.8 Å². The highest BCUT2D eigenvalue weighted by Gasteiger charge is 2.20. The Balaban J connectivity index is 2.43. The fraction of sp³-hybridized carbons (Fsp3) is 0.333. The SMILES string of the molecule is OCC(O)C(O)c1cnc2cnccn12. The summed E-state index contributed by atoms with van der Waals surface area (Å²) in [4.78, 5) is 7.88. The molecule has 2 atom stereocenters. The second-order valence-corrected chi connectivity index (χ2v) is 3.18. The van der Waals surface area contributed by atoms with Crippen LogP contribution in [0.25, 0.3) is 5.65 Å². The predicted octanol–water partition coefficient (Wildman–Crippen LogP) is -0.884. The van der Waals surface area contributed by atoms with Crippen molar-refractivity contribution in [3.8, 4) is 0 Å². The lowest BCUT2D eigenvalue weighted by Crippen LogP contribution is -2.23. The standard InChI is InChI=1S/C9H11N3O3/c13-5-7(14)9(15)6-3-11-8-4-10-1-2-12(6)8/h1-4,7,9,13-15H,5H2. The van der Waals surface area contributed by atoms with E-state index >= 15 is 0 Å². The van der Waals surface area contributed by atoms with Gasteiger partial charge in [0, 0.05) is 12.4 Å². The molecular formula is C9H11N3O3. The fourth-order valence-electron chi connectivity index (χ4n) is 1.38. The maximum Gasteiger partial charge on any atom is 0.155 e. The summed E-state index contributed by atoms with van der Waals surface area (Å²) in [6, 6.07) is 0. The third kappa shape index (κ3) is 1.70. The Morgan fingerprint density at radius 1 is 1.33 bits per heavy atom. The summed E-state index contributed by atoms with van der Waals surface area (Å²) in [5.74, 6) is 0. The zero-order chi connectivity index (χ0) is 10.8. The average Bonchev–Trinajstić information content (AvgIpc) is 2.70. The molecule has 0 spiro atoms. The van der Waals surface area contributed by atoms with Crippen molar-refractivity contribution in [2.75, 3.05) is 6.61 Å². The summed E-state index contributed by atoms with van der Waals surface area (Å²) in [5.41, 5.74) is 1.01. The third-order valence-electron chi connectivity index (χ3n) is 2.20. The van der Waals surface area contributed by atoms with Gasteiger partial charge in [-0.3, -0.25) is 9.38 Å². The van der Waals surface area contributed by atoms with Gasteiger partial charge in [0.2, 0.25) is 0 Å². The zero-order valence-corrected chi connectivity index (χ0v) is 7.85. The summed E-state index contributed by atoms with van der Waals surface area (Å²) in [6.07, 6.45) is 3.80. The molecule has 0 amide bonds. The quantitative estimate of drug-likeness (QED) is 0.610. The number of aromatic nitrogens is 3. The third-order valence-corrected chi connectivity index (χ3v) is 2.20. The van der Waals surface area contributed by atoms with E-state index in [2.05, 4.69) is 9.97 Å². The molecule has 2 aromatic heterocycles. The van der Waals surface area contributed by atoms with Gasteiger partial charge in [-0.15, -0.1) is 0 Å². The van der Waals surface area contributed by atoms with Gasteiger partial charge in [0.25, 0.3) is 0 Å². The molecule has 6 nitrogen and oxygen atoms in total. The van der Waals surface area contributed by atoms with Gasteiger partial charge < -0.3 is 15.3 Å². The van der Waals surface area contributed by atoms with Gasteiger partial charge in [-0.1, -0.05) is 0 Å². The van der Waals surface area contributed by atoms with E-state index in [-0.39, 0.29) is 0 Å². The number of aliphatic hydroxyl groups excluding tert-OH is 3. The van der Waals surface area contributed by atoms with E-state index in [0.717, 1.165) is 0 Å². The van der Waals surface area contributed by atoms with Crippen molar-refractivity contribution in [2.45, 2.75) is 12.2 Å². The molecule has 0 aromatic carbocycles. The first-order chi connectivity index (χ1) is 7.24. The second kappa shape index (κ2) is 3.93. The van der Waals surface area contributed by atoms with Crippen molar-refractivity contribution < 1.29 is 15.3 Å². The maximum absolute atomic E-state index is 9.68. The van der Waals surface area contributed by atoms with Crippen molar-refractivity contribution in [1.82, 2.24) is 14.4 Å². The van der Waals surface area contributed by atoms with Crippen LogP contribution in [0.3, 0.4) is 0 Å². The van der Waals surface area contributed by atoms with Crippen molar-refractivity contribution in [1.29, 1.82) is 0 Å². The van der Waals surface area contributed by atoms with Crippen molar-refractivity contribution in [3.63, 3.8) is 0 Å². The number of nitrogens with zero attached hydrogens (tertiary/aromatic N) is 3. The number of rotatable bonds is 3.